The summed E-state index contributed by atoms with van der Waals surface area (Å²) in [5.41, 5.74) is 1.59. The summed E-state index contributed by atoms with van der Waals surface area (Å²) in [6.45, 7) is 5.54. The highest BCUT2D eigenvalue weighted by atomic mass is 35.5. The van der Waals surface area contributed by atoms with Crippen LogP contribution in [0.3, 0.4) is 0 Å². The molecule has 1 aromatic carbocycles. The first-order chi connectivity index (χ1) is 14.6. The molecule has 3 aromatic rings. The molecule has 1 aliphatic heterocycles. The molecule has 1 aliphatic rings. The van der Waals surface area contributed by atoms with Crippen molar-refractivity contribution < 1.29 is 9.13 Å². The minimum Gasteiger partial charge on any atom is -0.376 e. The van der Waals surface area contributed by atoms with Gasteiger partial charge in [0.1, 0.15) is 23.8 Å². The number of rotatable bonds is 6. The zero-order valence-corrected chi connectivity index (χ0v) is 17.3. The molecule has 0 bridgehead atoms. The van der Waals surface area contributed by atoms with Gasteiger partial charge in [0.2, 0.25) is 5.95 Å². The van der Waals surface area contributed by atoms with Crippen molar-refractivity contribution in [2.24, 2.45) is 0 Å². The predicted octanol–water partition coefficient (Wildman–Crippen LogP) is 3.65. The van der Waals surface area contributed by atoms with Crippen molar-refractivity contribution in [1.29, 1.82) is 0 Å². The molecule has 7 nitrogen and oxygen atoms in total. The van der Waals surface area contributed by atoms with Gasteiger partial charge in [0.15, 0.2) is 5.65 Å². The number of nitrogens with zero attached hydrogens (tertiary/aromatic N) is 6. The van der Waals surface area contributed by atoms with Gasteiger partial charge >= 0.3 is 0 Å². The molecule has 1 saturated heterocycles. The van der Waals surface area contributed by atoms with Gasteiger partial charge in [0.05, 0.1) is 18.6 Å². The third-order valence-electron chi connectivity index (χ3n) is 5.00. The lowest BCUT2D eigenvalue weighted by molar-refractivity contribution is 0.112. The Morgan fingerprint density at radius 3 is 3.03 bits per heavy atom. The van der Waals surface area contributed by atoms with E-state index < -0.39 is 6.17 Å². The molecule has 9 heteroatoms. The molecule has 1 fully saturated rings. The lowest BCUT2D eigenvalue weighted by Gasteiger charge is -2.32. The van der Waals surface area contributed by atoms with E-state index in [9.17, 15) is 4.39 Å². The number of anilines is 2. The van der Waals surface area contributed by atoms with Crippen LogP contribution in [0.1, 0.15) is 17.3 Å². The zero-order chi connectivity index (χ0) is 21.1. The monoisotopic (exact) mass is 428 g/mol. The second-order valence-corrected chi connectivity index (χ2v) is 7.51. The average molecular weight is 429 g/mol. The van der Waals surface area contributed by atoms with Crippen molar-refractivity contribution in [2.75, 3.05) is 36.6 Å². The topological polar surface area (TPSA) is 67.3 Å². The highest BCUT2D eigenvalue weighted by molar-refractivity contribution is 6.22. The lowest BCUT2D eigenvalue weighted by atomic mass is 10.0. The molecule has 2 atom stereocenters. The molecule has 3 heterocycles. The van der Waals surface area contributed by atoms with Crippen LogP contribution >= 0.6 is 11.6 Å². The minimum absolute atomic E-state index is 0.364. The molecule has 156 valence electrons. The van der Waals surface area contributed by atoms with E-state index in [0.29, 0.717) is 54.7 Å². The first-order valence-corrected chi connectivity index (χ1v) is 10.0. The normalized spacial score (nSPS) is 17.7. The van der Waals surface area contributed by atoms with Crippen molar-refractivity contribution in [1.82, 2.24) is 19.9 Å². The average Bonchev–Trinajstić information content (AvgIpc) is 2.78. The molecule has 4 rings (SSSR count). The molecule has 0 spiro atoms. The van der Waals surface area contributed by atoms with E-state index >= 15 is 0 Å². The van der Waals surface area contributed by atoms with Crippen LogP contribution in [0.2, 0.25) is 0 Å². The first kappa shape index (κ1) is 20.4. The number of benzene rings is 1. The highest BCUT2D eigenvalue weighted by Crippen LogP contribution is 2.29. The second kappa shape index (κ2) is 8.89. The number of morpholine rings is 1. The summed E-state index contributed by atoms with van der Waals surface area (Å²) >= 11 is 6.43. The van der Waals surface area contributed by atoms with E-state index in [0.717, 1.165) is 5.56 Å². The second-order valence-electron chi connectivity index (χ2n) is 7.00. The minimum atomic E-state index is -1.24. The van der Waals surface area contributed by atoms with Crippen molar-refractivity contribution in [2.45, 2.75) is 18.2 Å². The number of ether oxygens (including phenoxy) is 1. The summed E-state index contributed by atoms with van der Waals surface area (Å²) < 4.78 is 19.8. The molecule has 2 unspecified atom stereocenters. The van der Waals surface area contributed by atoms with E-state index in [1.807, 2.05) is 35.0 Å². The SMILES string of the molecule is C=CC(F)c1ccccc1CN(C)c1nc(N2CCOCC2Cl)nc2ncncc12. The van der Waals surface area contributed by atoms with E-state index in [2.05, 4.69) is 21.5 Å². The van der Waals surface area contributed by atoms with Crippen molar-refractivity contribution >= 4 is 34.4 Å². The van der Waals surface area contributed by atoms with Crippen LogP contribution < -0.4 is 9.80 Å². The molecule has 0 radical (unpaired) electrons. The number of hydrogen-bond donors (Lipinski definition) is 0. The number of allylic oxidation sites excluding steroid dienone is 1. The Balaban J connectivity index is 1.73. The third-order valence-corrected chi connectivity index (χ3v) is 5.36. The predicted molar refractivity (Wildman–Crippen MR) is 116 cm³/mol. The quantitative estimate of drug-likeness (QED) is 0.337. The summed E-state index contributed by atoms with van der Waals surface area (Å²) in [4.78, 5) is 21.6. The molecular formula is C21H22ClFN6O. The molecule has 0 amide bonds. The molecular weight excluding hydrogens is 407 g/mol. The number of hydrogen-bond acceptors (Lipinski definition) is 7. The summed E-state index contributed by atoms with van der Waals surface area (Å²) in [6.07, 6.45) is 3.20. The molecule has 2 aromatic heterocycles. The fourth-order valence-electron chi connectivity index (χ4n) is 3.47. The fourth-order valence-corrected chi connectivity index (χ4v) is 3.74. The van der Waals surface area contributed by atoms with Gasteiger partial charge < -0.3 is 14.5 Å². The Labute approximate surface area is 179 Å². The highest BCUT2D eigenvalue weighted by Gasteiger charge is 2.25. The van der Waals surface area contributed by atoms with Crippen molar-refractivity contribution in [3.05, 3.63) is 60.6 Å². The smallest absolute Gasteiger partial charge is 0.230 e. The van der Waals surface area contributed by atoms with Crippen LogP contribution in [-0.2, 0) is 11.3 Å². The van der Waals surface area contributed by atoms with Crippen LogP contribution in [0, 0.1) is 0 Å². The van der Waals surface area contributed by atoms with Crippen molar-refractivity contribution in [3.8, 4) is 0 Å². The Kier molecular flexibility index (Phi) is 6.06. The molecule has 30 heavy (non-hydrogen) atoms. The zero-order valence-electron chi connectivity index (χ0n) is 16.6. The summed E-state index contributed by atoms with van der Waals surface area (Å²) in [6, 6.07) is 7.38. The number of halogens is 2. The lowest BCUT2D eigenvalue weighted by Crippen LogP contribution is -2.43. The maximum absolute atomic E-state index is 14.4. The first-order valence-electron chi connectivity index (χ1n) is 9.60. The van der Waals surface area contributed by atoms with Gasteiger partial charge in [-0.15, -0.1) is 0 Å². The van der Waals surface area contributed by atoms with Gasteiger partial charge in [-0.2, -0.15) is 9.97 Å². The maximum atomic E-state index is 14.4. The molecule has 0 N–H and O–H groups in total. The number of fused-ring (bicyclic) bond motifs is 1. The van der Waals surface area contributed by atoms with Crippen LogP contribution in [0.4, 0.5) is 16.2 Å². The van der Waals surface area contributed by atoms with E-state index in [4.69, 9.17) is 21.3 Å². The van der Waals surface area contributed by atoms with Crippen LogP contribution in [0.25, 0.3) is 11.0 Å². The summed E-state index contributed by atoms with van der Waals surface area (Å²) in [7, 11) is 1.90. The van der Waals surface area contributed by atoms with Gasteiger partial charge in [-0.05, 0) is 11.1 Å². The Bertz CT molecular complexity index is 1050. The summed E-state index contributed by atoms with van der Waals surface area (Å²) in [5.74, 6) is 1.13. The van der Waals surface area contributed by atoms with E-state index in [-0.39, 0.29) is 5.50 Å². The Morgan fingerprint density at radius 1 is 1.40 bits per heavy atom. The number of alkyl halides is 2. The van der Waals surface area contributed by atoms with Gasteiger partial charge in [-0.1, -0.05) is 48.5 Å². The van der Waals surface area contributed by atoms with Crippen LogP contribution in [0.5, 0.6) is 0 Å². The standard InChI is InChI=1S/C21H22ClFN6O/c1-3-17(23)15-7-5-4-6-14(15)11-28(2)20-16-10-24-13-25-19(16)26-21(27-20)29-8-9-30-12-18(29)22/h3-7,10,13,17-18H,1,8-9,11-12H2,2H3. The van der Waals surface area contributed by atoms with Crippen molar-refractivity contribution in [3.63, 3.8) is 0 Å². The maximum Gasteiger partial charge on any atom is 0.230 e. The Morgan fingerprint density at radius 2 is 2.23 bits per heavy atom. The summed E-state index contributed by atoms with van der Waals surface area (Å²) in [5, 5.41) is 0.709. The third kappa shape index (κ3) is 4.06. The molecule has 0 saturated carbocycles. The van der Waals surface area contributed by atoms with Gasteiger partial charge in [0, 0.05) is 26.3 Å². The van der Waals surface area contributed by atoms with E-state index in [1.54, 1.807) is 12.3 Å². The fraction of sp³-hybridized carbons (Fsp3) is 0.333. The Hall–Kier alpha value is -2.84. The van der Waals surface area contributed by atoms with Crippen LogP contribution in [-0.4, -0.2) is 52.2 Å². The van der Waals surface area contributed by atoms with Gasteiger partial charge in [0.25, 0.3) is 0 Å². The molecule has 0 aliphatic carbocycles. The van der Waals surface area contributed by atoms with E-state index in [1.165, 1.54) is 12.4 Å². The largest absolute Gasteiger partial charge is 0.376 e. The van der Waals surface area contributed by atoms with Gasteiger partial charge in [-0.25, -0.2) is 14.4 Å². The van der Waals surface area contributed by atoms with Gasteiger partial charge in [-0.3, -0.25) is 0 Å². The number of aromatic nitrogens is 4. The van der Waals surface area contributed by atoms with Crippen LogP contribution in [0.15, 0.2) is 49.4 Å².